The van der Waals surface area contributed by atoms with E-state index in [0.717, 1.165) is 12.8 Å². The van der Waals surface area contributed by atoms with E-state index in [1.165, 1.54) is 56.1 Å². The van der Waals surface area contributed by atoms with E-state index < -0.39 is 8.80 Å². The normalized spacial score (nSPS) is 16.9. The molecule has 0 N–H and O–H groups in total. The Balaban J connectivity index is 1.88. The number of hydrogen-bond donors (Lipinski definition) is 0. The maximum atomic E-state index is 2.54. The quantitative estimate of drug-likeness (QED) is 0.308. The van der Waals surface area contributed by atoms with Gasteiger partial charge in [-0.05, 0) is 105 Å². The highest BCUT2D eigenvalue weighted by atomic mass is 28.3. The molecule has 0 aliphatic heterocycles. The van der Waals surface area contributed by atoms with Gasteiger partial charge in [-0.2, -0.15) is 0 Å². The third-order valence-electron chi connectivity index (χ3n) is 8.62. The smallest absolute Gasteiger partial charge is 0.0622 e. The van der Waals surface area contributed by atoms with E-state index in [1.807, 2.05) is 0 Å². The molecule has 0 heterocycles. The zero-order valence-electron chi connectivity index (χ0n) is 23.0. The molecule has 0 saturated heterocycles. The Hall–Kier alpha value is -2.64. The molecule has 0 saturated carbocycles. The van der Waals surface area contributed by atoms with Gasteiger partial charge in [0.1, 0.15) is 8.80 Å². The molecule has 2 unspecified atom stereocenters. The number of rotatable bonds is 7. The largest absolute Gasteiger partial charge is 0.107 e. The standard InChI is InChI=1S/C34H42Si/c1-9-28-18-29(10-2)20-32(19-28)35(31-16-22(3)24(5)23(4)17-31)21-33-26(7)25(6)27(8)34(33)30-14-12-11-13-15-30/h11-20,34-35H,9-10,21H2,1-8H3. The molecular weight excluding hydrogens is 436 g/mol. The predicted octanol–water partition coefficient (Wildman–Crippen LogP) is 7.53. The molecule has 0 spiro atoms. The van der Waals surface area contributed by atoms with Crippen molar-refractivity contribution in [3.63, 3.8) is 0 Å². The Bertz CT molecular complexity index is 1240. The summed E-state index contributed by atoms with van der Waals surface area (Å²) in [6.45, 7) is 18.5. The van der Waals surface area contributed by atoms with Crippen molar-refractivity contribution >= 4 is 19.2 Å². The molecule has 182 valence electrons. The van der Waals surface area contributed by atoms with Gasteiger partial charge in [0, 0.05) is 5.92 Å². The summed E-state index contributed by atoms with van der Waals surface area (Å²) in [5, 5.41) is 3.20. The maximum absolute atomic E-state index is 2.54. The van der Waals surface area contributed by atoms with Crippen molar-refractivity contribution in [3.8, 4) is 0 Å². The van der Waals surface area contributed by atoms with Crippen molar-refractivity contribution in [1.82, 2.24) is 0 Å². The topological polar surface area (TPSA) is 0 Å². The van der Waals surface area contributed by atoms with Crippen molar-refractivity contribution in [2.75, 3.05) is 0 Å². The van der Waals surface area contributed by atoms with E-state index in [2.05, 4.69) is 116 Å². The van der Waals surface area contributed by atoms with Crippen LogP contribution in [0.15, 0.2) is 83.0 Å². The van der Waals surface area contributed by atoms with Gasteiger partial charge in [0.25, 0.3) is 0 Å². The first-order chi connectivity index (χ1) is 16.7. The summed E-state index contributed by atoms with van der Waals surface area (Å²) in [5.74, 6) is 0.416. The molecular formula is C34H42Si. The van der Waals surface area contributed by atoms with Gasteiger partial charge in [-0.25, -0.2) is 0 Å². The Morgan fingerprint density at radius 2 is 1.20 bits per heavy atom. The highest BCUT2D eigenvalue weighted by molar-refractivity contribution is 6.85. The number of benzene rings is 3. The third-order valence-corrected chi connectivity index (χ3v) is 11.7. The van der Waals surface area contributed by atoms with Crippen molar-refractivity contribution in [1.29, 1.82) is 0 Å². The van der Waals surface area contributed by atoms with Crippen molar-refractivity contribution in [2.24, 2.45) is 0 Å². The van der Waals surface area contributed by atoms with Gasteiger partial charge >= 0.3 is 0 Å². The summed E-state index contributed by atoms with van der Waals surface area (Å²) in [5.41, 5.74) is 14.9. The lowest BCUT2D eigenvalue weighted by Gasteiger charge is -2.25. The third kappa shape index (κ3) is 5.02. The van der Waals surface area contributed by atoms with Crippen LogP contribution in [0.5, 0.6) is 0 Å². The molecule has 1 heteroatoms. The average Bonchev–Trinajstić information content (AvgIpc) is 3.08. The van der Waals surface area contributed by atoms with Crippen molar-refractivity contribution in [3.05, 3.63) is 116 Å². The maximum Gasteiger partial charge on any atom is 0.107 e. The Morgan fingerprint density at radius 1 is 0.657 bits per heavy atom. The van der Waals surface area contributed by atoms with Crippen molar-refractivity contribution < 1.29 is 0 Å². The summed E-state index contributed by atoms with van der Waals surface area (Å²) in [4.78, 5) is 0. The van der Waals surface area contributed by atoms with E-state index in [1.54, 1.807) is 15.9 Å². The van der Waals surface area contributed by atoms with Gasteiger partial charge in [-0.1, -0.05) is 96.0 Å². The molecule has 0 nitrogen and oxygen atoms in total. The van der Waals surface area contributed by atoms with Gasteiger partial charge in [0.05, 0.1) is 0 Å². The van der Waals surface area contributed by atoms with Gasteiger partial charge in [0.15, 0.2) is 0 Å². The Labute approximate surface area is 215 Å². The lowest BCUT2D eigenvalue weighted by Crippen LogP contribution is -2.43. The highest BCUT2D eigenvalue weighted by Gasteiger charge is 2.32. The number of hydrogen-bond acceptors (Lipinski definition) is 0. The first-order valence-corrected chi connectivity index (χ1v) is 15.3. The minimum atomic E-state index is -1.50. The van der Waals surface area contributed by atoms with Gasteiger partial charge in [-0.3, -0.25) is 0 Å². The highest BCUT2D eigenvalue weighted by Crippen LogP contribution is 2.45. The van der Waals surface area contributed by atoms with E-state index >= 15 is 0 Å². The lowest BCUT2D eigenvalue weighted by molar-refractivity contribution is 0.932. The molecule has 2 atom stereocenters. The first kappa shape index (κ1) is 25.4. The molecule has 0 bridgehead atoms. The van der Waals surface area contributed by atoms with Crippen LogP contribution in [0.4, 0.5) is 0 Å². The van der Waals surface area contributed by atoms with Crippen LogP contribution in [-0.2, 0) is 12.8 Å². The van der Waals surface area contributed by atoms with Gasteiger partial charge in [-0.15, -0.1) is 0 Å². The van der Waals surface area contributed by atoms with Crippen LogP contribution in [0.2, 0.25) is 6.04 Å². The zero-order chi connectivity index (χ0) is 25.3. The zero-order valence-corrected chi connectivity index (χ0v) is 24.2. The fourth-order valence-electron chi connectivity index (χ4n) is 5.92. The first-order valence-electron chi connectivity index (χ1n) is 13.4. The Morgan fingerprint density at radius 3 is 1.74 bits per heavy atom. The monoisotopic (exact) mass is 478 g/mol. The summed E-state index contributed by atoms with van der Waals surface area (Å²) < 4.78 is 0. The van der Waals surface area contributed by atoms with Crippen LogP contribution < -0.4 is 10.4 Å². The van der Waals surface area contributed by atoms with E-state index in [4.69, 9.17) is 0 Å². The van der Waals surface area contributed by atoms with Crippen LogP contribution in [0.1, 0.15) is 73.9 Å². The minimum Gasteiger partial charge on any atom is -0.0622 e. The van der Waals surface area contributed by atoms with Crippen LogP contribution >= 0.6 is 0 Å². The fourth-order valence-corrected chi connectivity index (χ4v) is 9.49. The Kier molecular flexibility index (Phi) is 7.67. The van der Waals surface area contributed by atoms with Crippen LogP contribution in [0.3, 0.4) is 0 Å². The van der Waals surface area contributed by atoms with Gasteiger partial charge < -0.3 is 0 Å². The molecule has 35 heavy (non-hydrogen) atoms. The molecule has 0 fully saturated rings. The second-order valence-corrected chi connectivity index (χ2v) is 13.5. The fraction of sp³-hybridized carbons (Fsp3) is 0.353. The summed E-state index contributed by atoms with van der Waals surface area (Å²) in [6.07, 6.45) is 2.20. The van der Waals surface area contributed by atoms with Crippen LogP contribution in [-0.4, -0.2) is 8.80 Å². The van der Waals surface area contributed by atoms with E-state index in [-0.39, 0.29) is 0 Å². The second-order valence-electron chi connectivity index (χ2n) is 10.6. The number of allylic oxidation sites excluding steroid dienone is 4. The molecule has 3 aromatic rings. The number of aryl methyl sites for hydroxylation is 4. The summed E-state index contributed by atoms with van der Waals surface area (Å²) in [6, 6.07) is 24.9. The summed E-state index contributed by atoms with van der Waals surface area (Å²) >= 11 is 0. The van der Waals surface area contributed by atoms with Gasteiger partial charge in [0.2, 0.25) is 0 Å². The SMILES string of the molecule is CCc1cc(CC)cc([SiH](CC2=C(C)C(C)=C(C)C2c2ccccc2)c2cc(C)c(C)c(C)c2)c1. The predicted molar refractivity (Wildman–Crippen MR) is 157 cm³/mol. The van der Waals surface area contributed by atoms with Crippen LogP contribution in [0, 0.1) is 20.8 Å². The molecule has 1 aliphatic rings. The molecule has 4 rings (SSSR count). The van der Waals surface area contributed by atoms with E-state index in [0.29, 0.717) is 5.92 Å². The second kappa shape index (κ2) is 10.5. The molecule has 0 amide bonds. The molecule has 0 aromatic heterocycles. The van der Waals surface area contributed by atoms with Crippen LogP contribution in [0.25, 0.3) is 0 Å². The minimum absolute atomic E-state index is 0.416. The van der Waals surface area contributed by atoms with E-state index in [9.17, 15) is 0 Å². The molecule has 1 aliphatic carbocycles. The van der Waals surface area contributed by atoms with Crippen molar-refractivity contribution in [2.45, 2.75) is 80.2 Å². The molecule has 0 radical (unpaired) electrons. The average molecular weight is 479 g/mol. The lowest BCUT2D eigenvalue weighted by atomic mass is 9.89. The summed E-state index contributed by atoms with van der Waals surface area (Å²) in [7, 11) is -1.50. The molecule has 3 aromatic carbocycles.